The zero-order valence-corrected chi connectivity index (χ0v) is 16.3. The molecule has 150 valence electrons. The molecular weight excluding hydrogens is 368 g/mol. The van der Waals surface area contributed by atoms with Crippen LogP contribution < -0.4 is 5.32 Å². The van der Waals surface area contributed by atoms with Gasteiger partial charge in [-0.2, -0.15) is 0 Å². The van der Waals surface area contributed by atoms with Crippen LogP contribution in [0.25, 0.3) is 0 Å². The number of hydrogen-bond donors (Lipinski definition) is 1. The smallest absolute Gasteiger partial charge is 0.408 e. The van der Waals surface area contributed by atoms with E-state index in [-0.39, 0.29) is 12.5 Å². The van der Waals surface area contributed by atoms with E-state index in [1.165, 1.54) is 4.90 Å². The minimum Gasteiger partial charge on any atom is -0.467 e. The number of alkyl carbamates (subject to hydrolysis) is 1. The van der Waals surface area contributed by atoms with Gasteiger partial charge in [0.05, 0.1) is 12.8 Å². The van der Waals surface area contributed by atoms with E-state index in [9.17, 15) is 9.59 Å². The molecule has 0 aliphatic heterocycles. The molecule has 2 aromatic carbocycles. The molecule has 1 aromatic heterocycles. The van der Waals surface area contributed by atoms with Crippen molar-refractivity contribution in [2.45, 2.75) is 25.6 Å². The average Bonchev–Trinajstić information content (AvgIpc) is 3.26. The number of ether oxygens (including phenoxy) is 1. The summed E-state index contributed by atoms with van der Waals surface area (Å²) in [6.07, 6.45) is 1.30. The van der Waals surface area contributed by atoms with Crippen LogP contribution in [0.15, 0.2) is 83.5 Å². The zero-order chi connectivity index (χ0) is 20.5. The lowest BCUT2D eigenvalue weighted by Crippen LogP contribution is -2.48. The Bertz CT molecular complexity index is 895. The lowest BCUT2D eigenvalue weighted by molar-refractivity contribution is -0.132. The molecule has 1 unspecified atom stereocenters. The molecule has 3 aromatic rings. The van der Waals surface area contributed by atoms with E-state index < -0.39 is 12.1 Å². The number of likely N-dealkylation sites (N-methyl/N-ethyl adjacent to an activating group) is 1. The van der Waals surface area contributed by atoms with Gasteiger partial charge in [-0.05, 0) is 23.3 Å². The Hall–Kier alpha value is -3.54. The maximum atomic E-state index is 13.0. The van der Waals surface area contributed by atoms with Crippen molar-refractivity contribution >= 4 is 12.0 Å². The molecule has 0 spiro atoms. The number of amides is 2. The van der Waals surface area contributed by atoms with Crippen LogP contribution in [0.3, 0.4) is 0 Å². The standard InChI is InChI=1S/C23H24N2O4/c1-25(16-20-13-8-14-28-20)22(26)21(15-18-9-4-2-5-10-18)24-23(27)29-17-19-11-6-3-7-12-19/h2-14,21H,15-17H2,1H3,(H,24,27). The Balaban J connectivity index is 1.64. The van der Waals surface area contributed by atoms with Crippen molar-refractivity contribution in [3.8, 4) is 0 Å². The fourth-order valence-electron chi connectivity index (χ4n) is 2.94. The molecule has 0 saturated heterocycles. The third-order valence-corrected chi connectivity index (χ3v) is 4.43. The summed E-state index contributed by atoms with van der Waals surface area (Å²) in [4.78, 5) is 26.9. The predicted molar refractivity (Wildman–Crippen MR) is 109 cm³/mol. The maximum Gasteiger partial charge on any atom is 0.408 e. The van der Waals surface area contributed by atoms with Crippen LogP contribution in [-0.4, -0.2) is 30.0 Å². The second-order valence-corrected chi connectivity index (χ2v) is 6.72. The van der Waals surface area contributed by atoms with Gasteiger partial charge in [-0.3, -0.25) is 4.79 Å². The number of nitrogens with one attached hydrogen (secondary N) is 1. The Labute approximate surface area is 170 Å². The van der Waals surface area contributed by atoms with Gasteiger partial charge in [0, 0.05) is 13.5 Å². The quantitative estimate of drug-likeness (QED) is 0.633. The van der Waals surface area contributed by atoms with E-state index in [1.54, 1.807) is 25.4 Å². The minimum absolute atomic E-state index is 0.140. The van der Waals surface area contributed by atoms with Crippen molar-refractivity contribution in [2.24, 2.45) is 0 Å². The number of carbonyl (C=O) groups excluding carboxylic acids is 2. The normalized spacial score (nSPS) is 11.5. The highest BCUT2D eigenvalue weighted by molar-refractivity contribution is 5.85. The van der Waals surface area contributed by atoms with Gasteiger partial charge in [-0.15, -0.1) is 0 Å². The van der Waals surface area contributed by atoms with Crippen LogP contribution in [0.1, 0.15) is 16.9 Å². The highest BCUT2D eigenvalue weighted by Gasteiger charge is 2.25. The monoisotopic (exact) mass is 392 g/mol. The van der Waals surface area contributed by atoms with Crippen molar-refractivity contribution in [1.29, 1.82) is 0 Å². The molecule has 0 fully saturated rings. The van der Waals surface area contributed by atoms with E-state index in [1.807, 2.05) is 60.7 Å². The van der Waals surface area contributed by atoms with Gasteiger partial charge in [-0.25, -0.2) is 4.79 Å². The molecule has 1 N–H and O–H groups in total. The first kappa shape index (κ1) is 20.2. The number of rotatable bonds is 8. The van der Waals surface area contributed by atoms with Crippen LogP contribution in [0, 0.1) is 0 Å². The van der Waals surface area contributed by atoms with E-state index in [2.05, 4.69) is 5.32 Å². The second kappa shape index (κ2) is 10.1. The topological polar surface area (TPSA) is 71.8 Å². The number of carbonyl (C=O) groups is 2. The molecule has 29 heavy (non-hydrogen) atoms. The number of furan rings is 1. The fraction of sp³-hybridized carbons (Fsp3) is 0.217. The zero-order valence-electron chi connectivity index (χ0n) is 16.3. The van der Waals surface area contributed by atoms with Gasteiger partial charge in [0.2, 0.25) is 5.91 Å². The van der Waals surface area contributed by atoms with Crippen molar-refractivity contribution in [1.82, 2.24) is 10.2 Å². The first-order valence-corrected chi connectivity index (χ1v) is 9.40. The predicted octanol–water partition coefficient (Wildman–Crippen LogP) is 3.78. The van der Waals surface area contributed by atoms with Crippen LogP contribution in [-0.2, 0) is 29.1 Å². The van der Waals surface area contributed by atoms with Crippen LogP contribution in [0.2, 0.25) is 0 Å². The molecule has 1 atom stereocenters. The number of nitrogens with zero attached hydrogens (tertiary/aromatic N) is 1. The number of hydrogen-bond acceptors (Lipinski definition) is 4. The molecular formula is C23H24N2O4. The highest BCUT2D eigenvalue weighted by atomic mass is 16.5. The van der Waals surface area contributed by atoms with Crippen LogP contribution >= 0.6 is 0 Å². The Morgan fingerprint density at radius 2 is 1.62 bits per heavy atom. The van der Waals surface area contributed by atoms with E-state index in [0.29, 0.717) is 18.7 Å². The third-order valence-electron chi connectivity index (χ3n) is 4.43. The van der Waals surface area contributed by atoms with Gasteiger partial charge in [-0.1, -0.05) is 60.7 Å². The molecule has 0 aliphatic carbocycles. The Morgan fingerprint density at radius 1 is 0.966 bits per heavy atom. The molecule has 6 heteroatoms. The van der Waals surface area contributed by atoms with E-state index in [4.69, 9.17) is 9.15 Å². The van der Waals surface area contributed by atoms with Gasteiger partial charge < -0.3 is 19.4 Å². The summed E-state index contributed by atoms with van der Waals surface area (Å²) in [6, 6.07) is 21.8. The summed E-state index contributed by atoms with van der Waals surface area (Å²) in [6.45, 7) is 0.457. The Kier molecular flexibility index (Phi) is 7.05. The maximum absolute atomic E-state index is 13.0. The molecule has 1 heterocycles. The summed E-state index contributed by atoms with van der Waals surface area (Å²) in [7, 11) is 1.68. The average molecular weight is 392 g/mol. The van der Waals surface area contributed by atoms with E-state index in [0.717, 1.165) is 11.1 Å². The van der Waals surface area contributed by atoms with Crippen molar-refractivity contribution < 1.29 is 18.7 Å². The number of benzene rings is 2. The fourth-order valence-corrected chi connectivity index (χ4v) is 2.94. The van der Waals surface area contributed by atoms with Gasteiger partial charge >= 0.3 is 6.09 Å². The van der Waals surface area contributed by atoms with Gasteiger partial charge in [0.1, 0.15) is 18.4 Å². The lowest BCUT2D eigenvalue weighted by atomic mass is 10.0. The third kappa shape index (κ3) is 6.24. The van der Waals surface area contributed by atoms with Gasteiger partial charge in [0.25, 0.3) is 0 Å². The lowest BCUT2D eigenvalue weighted by Gasteiger charge is -2.24. The molecule has 2 amide bonds. The molecule has 0 saturated carbocycles. The van der Waals surface area contributed by atoms with Crippen LogP contribution in [0.4, 0.5) is 4.79 Å². The van der Waals surface area contributed by atoms with Crippen molar-refractivity contribution in [3.63, 3.8) is 0 Å². The first-order valence-electron chi connectivity index (χ1n) is 9.40. The molecule has 0 radical (unpaired) electrons. The minimum atomic E-state index is -0.749. The SMILES string of the molecule is CN(Cc1ccco1)C(=O)C(Cc1ccccc1)NC(=O)OCc1ccccc1. The summed E-state index contributed by atoms with van der Waals surface area (Å²) in [5.74, 6) is 0.452. The first-order chi connectivity index (χ1) is 14.1. The van der Waals surface area contributed by atoms with Crippen molar-refractivity contribution in [2.75, 3.05) is 7.05 Å². The largest absolute Gasteiger partial charge is 0.467 e. The van der Waals surface area contributed by atoms with Crippen LogP contribution in [0.5, 0.6) is 0 Å². The molecule has 0 aliphatic rings. The molecule has 6 nitrogen and oxygen atoms in total. The summed E-state index contributed by atoms with van der Waals surface area (Å²) < 4.78 is 10.6. The Morgan fingerprint density at radius 3 is 2.24 bits per heavy atom. The summed E-state index contributed by atoms with van der Waals surface area (Å²) in [5.41, 5.74) is 1.82. The van der Waals surface area contributed by atoms with Crippen molar-refractivity contribution in [3.05, 3.63) is 95.9 Å². The molecule has 0 bridgehead atoms. The highest BCUT2D eigenvalue weighted by Crippen LogP contribution is 2.10. The summed E-state index contributed by atoms with van der Waals surface area (Å²) >= 11 is 0. The summed E-state index contributed by atoms with van der Waals surface area (Å²) in [5, 5.41) is 2.71. The second-order valence-electron chi connectivity index (χ2n) is 6.72. The van der Waals surface area contributed by atoms with E-state index >= 15 is 0 Å². The van der Waals surface area contributed by atoms with Gasteiger partial charge in [0.15, 0.2) is 0 Å². The molecule has 3 rings (SSSR count).